The van der Waals surface area contributed by atoms with Crippen molar-refractivity contribution in [2.45, 2.75) is 19.3 Å². The van der Waals surface area contributed by atoms with Crippen molar-refractivity contribution in [2.75, 3.05) is 0 Å². The molecule has 13 aromatic rings. The highest BCUT2D eigenvalue weighted by Gasteiger charge is 2.41. The molecule has 1 aliphatic carbocycles. The summed E-state index contributed by atoms with van der Waals surface area (Å²) in [5.74, 6) is 0.655. The minimum Gasteiger partial charge on any atom is -0.309 e. The zero-order valence-electron chi connectivity index (χ0n) is 35.2. The van der Waals surface area contributed by atoms with E-state index in [1.165, 1.54) is 80.6 Å². The van der Waals surface area contributed by atoms with Gasteiger partial charge in [-0.3, -0.25) is 4.57 Å². The van der Waals surface area contributed by atoms with Crippen LogP contribution in [0.15, 0.2) is 194 Å². The molecular formula is C59H38N4S. The van der Waals surface area contributed by atoms with E-state index >= 15 is 0 Å². The molecule has 1 aliphatic rings. The largest absolute Gasteiger partial charge is 0.309 e. The van der Waals surface area contributed by atoms with Crippen LogP contribution in [0, 0.1) is 0 Å². The van der Waals surface area contributed by atoms with Gasteiger partial charge in [-0.25, -0.2) is 9.97 Å². The van der Waals surface area contributed by atoms with E-state index in [2.05, 4.69) is 217 Å². The number of aromatic nitrogens is 4. The quantitative estimate of drug-likeness (QED) is 0.177. The lowest BCUT2D eigenvalue weighted by Gasteiger charge is -2.23. The highest BCUT2D eigenvalue weighted by atomic mass is 32.1. The van der Waals surface area contributed by atoms with E-state index in [0.717, 1.165) is 44.4 Å². The Hall–Kier alpha value is -7.86. The lowest BCUT2D eigenvalue weighted by molar-refractivity contribution is 0.667. The van der Waals surface area contributed by atoms with E-state index in [1.54, 1.807) is 0 Å². The van der Waals surface area contributed by atoms with Crippen molar-refractivity contribution in [1.29, 1.82) is 0 Å². The number of fused-ring (bicyclic) bond motifs is 16. The summed E-state index contributed by atoms with van der Waals surface area (Å²) in [6.07, 6.45) is 0. The molecule has 0 spiro atoms. The van der Waals surface area contributed by atoms with Crippen molar-refractivity contribution in [3.05, 3.63) is 205 Å². The van der Waals surface area contributed by atoms with Gasteiger partial charge in [0.2, 0.25) is 5.95 Å². The Kier molecular flexibility index (Phi) is 7.30. The van der Waals surface area contributed by atoms with Crippen molar-refractivity contribution in [3.8, 4) is 45.1 Å². The third kappa shape index (κ3) is 4.82. The van der Waals surface area contributed by atoms with Crippen LogP contribution in [0.2, 0.25) is 0 Å². The lowest BCUT2D eigenvalue weighted by Crippen LogP contribution is -2.15. The first-order valence-electron chi connectivity index (χ1n) is 22.0. The van der Waals surface area contributed by atoms with Gasteiger partial charge in [0.05, 0.1) is 33.3 Å². The first-order valence-corrected chi connectivity index (χ1v) is 22.8. The molecule has 4 aromatic heterocycles. The average Bonchev–Trinajstić information content (AvgIpc) is 4.06. The molecule has 300 valence electrons. The second-order valence-corrected chi connectivity index (χ2v) is 18.8. The zero-order valence-corrected chi connectivity index (χ0v) is 36.0. The molecule has 0 atom stereocenters. The van der Waals surface area contributed by atoms with Gasteiger partial charge in [0.25, 0.3) is 0 Å². The first kappa shape index (κ1) is 35.7. The zero-order chi connectivity index (χ0) is 42.3. The highest BCUT2D eigenvalue weighted by Crippen LogP contribution is 2.58. The van der Waals surface area contributed by atoms with Crippen molar-refractivity contribution < 1.29 is 0 Å². The van der Waals surface area contributed by atoms with Crippen LogP contribution in [0.25, 0.3) is 120 Å². The maximum absolute atomic E-state index is 5.70. The van der Waals surface area contributed by atoms with Gasteiger partial charge in [-0.15, -0.1) is 11.3 Å². The first-order chi connectivity index (χ1) is 31.5. The molecule has 0 aliphatic heterocycles. The maximum atomic E-state index is 5.70. The number of hydrogen-bond donors (Lipinski definition) is 0. The topological polar surface area (TPSA) is 35.6 Å². The van der Waals surface area contributed by atoms with Gasteiger partial charge < -0.3 is 4.57 Å². The standard InChI is InChI=1S/C59H38N4S/c1-59(2)45-26-11-6-22-40(45)51-54(59)52-42-24-8-13-28-47(42)62(38-19-4-3-5-20-38)56(52)53-43-25-9-14-29-48(43)63(57(51)53)58-60-46-27-12-7-23-41(46)55(61-58)37-18-16-17-35(33-37)36-31-32-50-44(34-36)39-21-10-15-30-49(39)64-50/h3-34H,1-2H3. The maximum Gasteiger partial charge on any atom is 0.235 e. The van der Waals surface area contributed by atoms with Crippen LogP contribution < -0.4 is 0 Å². The molecule has 0 N–H and O–H groups in total. The molecule has 0 unspecified atom stereocenters. The number of hydrogen-bond acceptors (Lipinski definition) is 3. The van der Waals surface area contributed by atoms with Crippen LogP contribution in [-0.4, -0.2) is 19.1 Å². The Morgan fingerprint density at radius 3 is 1.94 bits per heavy atom. The monoisotopic (exact) mass is 834 g/mol. The molecule has 14 rings (SSSR count). The lowest BCUT2D eigenvalue weighted by atomic mass is 9.80. The molecule has 0 amide bonds. The number of para-hydroxylation sites is 4. The van der Waals surface area contributed by atoms with E-state index in [0.29, 0.717) is 5.95 Å². The summed E-state index contributed by atoms with van der Waals surface area (Å²) in [5, 5.41) is 8.55. The number of rotatable bonds is 4. The summed E-state index contributed by atoms with van der Waals surface area (Å²) >= 11 is 1.85. The molecule has 5 heteroatoms. The smallest absolute Gasteiger partial charge is 0.235 e. The normalized spacial score (nSPS) is 13.3. The van der Waals surface area contributed by atoms with Gasteiger partial charge in [-0.1, -0.05) is 153 Å². The summed E-state index contributed by atoms with van der Waals surface area (Å²) in [4.78, 5) is 11.2. The van der Waals surface area contributed by atoms with Crippen LogP contribution in [0.4, 0.5) is 0 Å². The summed E-state index contributed by atoms with van der Waals surface area (Å²) in [6.45, 7) is 4.81. The fraction of sp³-hybridized carbons (Fsp3) is 0.0508. The van der Waals surface area contributed by atoms with E-state index in [-0.39, 0.29) is 5.41 Å². The summed E-state index contributed by atoms with van der Waals surface area (Å²) in [5.41, 5.74) is 15.9. The van der Waals surface area contributed by atoms with E-state index in [4.69, 9.17) is 9.97 Å². The second-order valence-electron chi connectivity index (χ2n) is 17.7. The third-order valence-corrected chi connectivity index (χ3v) is 15.0. The predicted molar refractivity (Wildman–Crippen MR) is 270 cm³/mol. The van der Waals surface area contributed by atoms with Gasteiger partial charge in [0.1, 0.15) is 0 Å². The molecule has 4 nitrogen and oxygen atoms in total. The van der Waals surface area contributed by atoms with Gasteiger partial charge in [-0.2, -0.15) is 0 Å². The SMILES string of the molecule is CC1(C)c2ccccc2-c2c1c1c3ccccc3n(-c3ccccc3)c1c1c3ccccc3n(-c3nc(-c4cccc(-c5ccc6sc7ccccc7c6c5)c4)c4ccccc4n3)c21. The molecule has 0 fully saturated rings. The Labute approximate surface area is 372 Å². The van der Waals surface area contributed by atoms with Gasteiger partial charge in [0, 0.05) is 69.3 Å². The number of thiophene rings is 1. The predicted octanol–water partition coefficient (Wildman–Crippen LogP) is 15.8. The molecule has 4 heterocycles. The molecule has 0 radical (unpaired) electrons. The fourth-order valence-electron chi connectivity index (χ4n) is 11.1. The highest BCUT2D eigenvalue weighted by molar-refractivity contribution is 7.25. The van der Waals surface area contributed by atoms with Crippen LogP contribution in [-0.2, 0) is 5.41 Å². The van der Waals surface area contributed by atoms with Crippen LogP contribution >= 0.6 is 11.3 Å². The Bertz CT molecular complexity index is 4110. The Balaban J connectivity index is 1.11. The Morgan fingerprint density at radius 1 is 0.453 bits per heavy atom. The van der Waals surface area contributed by atoms with E-state index in [1.807, 2.05) is 11.3 Å². The fourth-order valence-corrected chi connectivity index (χ4v) is 12.2. The number of nitrogens with zero attached hydrogens (tertiary/aromatic N) is 4. The summed E-state index contributed by atoms with van der Waals surface area (Å²) in [7, 11) is 0. The van der Waals surface area contributed by atoms with Crippen molar-refractivity contribution in [1.82, 2.24) is 19.1 Å². The average molecular weight is 835 g/mol. The molecule has 0 saturated heterocycles. The summed E-state index contributed by atoms with van der Waals surface area (Å²) in [6, 6.07) is 70.7. The van der Waals surface area contributed by atoms with Crippen molar-refractivity contribution in [3.63, 3.8) is 0 Å². The van der Waals surface area contributed by atoms with Crippen LogP contribution in [0.5, 0.6) is 0 Å². The molecule has 0 bridgehead atoms. The van der Waals surface area contributed by atoms with E-state index < -0.39 is 0 Å². The minimum absolute atomic E-state index is 0.292. The molecule has 0 saturated carbocycles. The summed E-state index contributed by atoms with van der Waals surface area (Å²) < 4.78 is 7.49. The van der Waals surface area contributed by atoms with Crippen LogP contribution in [0.3, 0.4) is 0 Å². The third-order valence-electron chi connectivity index (χ3n) is 13.9. The van der Waals surface area contributed by atoms with Gasteiger partial charge in [-0.05, 0) is 82.4 Å². The Morgan fingerprint density at radius 2 is 1.09 bits per heavy atom. The second kappa shape index (κ2) is 13.1. The van der Waals surface area contributed by atoms with Gasteiger partial charge >= 0.3 is 0 Å². The van der Waals surface area contributed by atoms with E-state index in [9.17, 15) is 0 Å². The minimum atomic E-state index is -0.292. The number of benzene rings is 9. The van der Waals surface area contributed by atoms with Crippen LogP contribution in [0.1, 0.15) is 25.0 Å². The van der Waals surface area contributed by atoms with Gasteiger partial charge in [0.15, 0.2) is 0 Å². The molecular weight excluding hydrogens is 797 g/mol. The van der Waals surface area contributed by atoms with Crippen molar-refractivity contribution >= 4 is 86.0 Å². The molecule has 64 heavy (non-hydrogen) atoms. The molecule has 9 aromatic carbocycles. The van der Waals surface area contributed by atoms with Crippen molar-refractivity contribution in [2.24, 2.45) is 0 Å².